The highest BCUT2D eigenvalue weighted by atomic mass is 35.5. The Hall–Kier alpha value is -2.24. The third kappa shape index (κ3) is 5.37. The average Bonchev–Trinajstić information content (AvgIpc) is 2.59. The fourth-order valence-corrected chi connectivity index (χ4v) is 2.46. The molecule has 25 heavy (non-hydrogen) atoms. The van der Waals surface area contributed by atoms with Crippen molar-refractivity contribution in [1.82, 2.24) is 0 Å². The van der Waals surface area contributed by atoms with Crippen LogP contribution in [0.1, 0.15) is 18.9 Å². The molecule has 132 valence electrons. The number of nitrogens with one attached hydrogen (secondary N) is 3. The minimum absolute atomic E-state index is 0.0323. The van der Waals surface area contributed by atoms with E-state index in [0.717, 1.165) is 5.56 Å². The van der Waals surface area contributed by atoms with Crippen LogP contribution in [0.25, 0.3) is 0 Å². The molecule has 0 bridgehead atoms. The molecule has 0 spiro atoms. The van der Waals surface area contributed by atoms with Gasteiger partial charge in [-0.3, -0.25) is 9.59 Å². The number of anilines is 3. The van der Waals surface area contributed by atoms with Gasteiger partial charge < -0.3 is 16.0 Å². The van der Waals surface area contributed by atoms with Gasteiger partial charge in [-0.1, -0.05) is 42.3 Å². The van der Waals surface area contributed by atoms with E-state index in [9.17, 15) is 9.59 Å². The Morgan fingerprint density at radius 2 is 1.76 bits per heavy atom. The Morgan fingerprint density at radius 1 is 1.00 bits per heavy atom. The van der Waals surface area contributed by atoms with Gasteiger partial charge in [0.05, 0.1) is 22.3 Å². The fourth-order valence-electron chi connectivity index (χ4n) is 2.09. The van der Waals surface area contributed by atoms with Crippen molar-refractivity contribution in [3.8, 4) is 0 Å². The second-order valence-corrected chi connectivity index (χ2v) is 6.22. The number of hydrogen-bond acceptors (Lipinski definition) is 3. The maximum Gasteiger partial charge on any atom is 0.243 e. The lowest BCUT2D eigenvalue weighted by atomic mass is 10.1. The van der Waals surface area contributed by atoms with Crippen LogP contribution >= 0.6 is 23.2 Å². The second-order valence-electron chi connectivity index (χ2n) is 5.43. The zero-order valence-electron chi connectivity index (χ0n) is 14.0. The number of amides is 2. The van der Waals surface area contributed by atoms with Crippen molar-refractivity contribution < 1.29 is 9.59 Å². The number of benzene rings is 2. The summed E-state index contributed by atoms with van der Waals surface area (Å²) in [6.45, 7) is 3.70. The molecule has 2 aromatic carbocycles. The quantitative estimate of drug-likeness (QED) is 0.680. The lowest BCUT2D eigenvalue weighted by Gasteiger charge is -2.12. The maximum atomic E-state index is 12.1. The van der Waals surface area contributed by atoms with Gasteiger partial charge in [0.15, 0.2) is 0 Å². The van der Waals surface area contributed by atoms with Crippen molar-refractivity contribution in [2.75, 3.05) is 22.5 Å². The van der Waals surface area contributed by atoms with Crippen molar-refractivity contribution in [2.24, 2.45) is 0 Å². The van der Waals surface area contributed by atoms with Crippen molar-refractivity contribution in [2.45, 2.75) is 20.3 Å². The van der Waals surface area contributed by atoms with Crippen molar-refractivity contribution in [1.29, 1.82) is 0 Å². The number of aryl methyl sites for hydroxylation is 1. The topological polar surface area (TPSA) is 70.2 Å². The highest BCUT2D eigenvalue weighted by Crippen LogP contribution is 2.29. The first kappa shape index (κ1) is 19.1. The summed E-state index contributed by atoms with van der Waals surface area (Å²) in [5.74, 6) is -0.323. The van der Waals surface area contributed by atoms with Crippen LogP contribution in [0.4, 0.5) is 17.1 Å². The Balaban J connectivity index is 1.99. The van der Waals surface area contributed by atoms with E-state index in [0.29, 0.717) is 33.5 Å². The van der Waals surface area contributed by atoms with Gasteiger partial charge in [0.25, 0.3) is 0 Å². The summed E-state index contributed by atoms with van der Waals surface area (Å²) in [5, 5.41) is 9.32. The van der Waals surface area contributed by atoms with Crippen LogP contribution in [0.5, 0.6) is 0 Å². The Labute approximate surface area is 156 Å². The van der Waals surface area contributed by atoms with E-state index in [2.05, 4.69) is 16.0 Å². The van der Waals surface area contributed by atoms with Gasteiger partial charge in [0.2, 0.25) is 11.8 Å². The minimum Gasteiger partial charge on any atom is -0.375 e. The normalized spacial score (nSPS) is 10.2. The van der Waals surface area contributed by atoms with E-state index in [1.165, 1.54) is 0 Å². The molecule has 0 aliphatic heterocycles. The van der Waals surface area contributed by atoms with Gasteiger partial charge in [-0.15, -0.1) is 0 Å². The molecule has 0 fully saturated rings. The largest absolute Gasteiger partial charge is 0.375 e. The number of halogens is 2. The summed E-state index contributed by atoms with van der Waals surface area (Å²) in [5.41, 5.74) is 2.78. The van der Waals surface area contributed by atoms with E-state index in [4.69, 9.17) is 23.2 Å². The Morgan fingerprint density at radius 3 is 2.48 bits per heavy atom. The van der Waals surface area contributed by atoms with Crippen molar-refractivity contribution >= 4 is 52.1 Å². The van der Waals surface area contributed by atoms with Crippen LogP contribution in [0.3, 0.4) is 0 Å². The number of carbonyl (C=O) groups is 2. The summed E-state index contributed by atoms with van der Waals surface area (Å²) in [6, 6.07) is 10.5. The van der Waals surface area contributed by atoms with E-state index < -0.39 is 0 Å². The minimum atomic E-state index is -0.243. The van der Waals surface area contributed by atoms with E-state index in [1.54, 1.807) is 37.3 Å². The first-order valence-corrected chi connectivity index (χ1v) is 8.54. The first-order valence-electron chi connectivity index (χ1n) is 7.79. The van der Waals surface area contributed by atoms with Gasteiger partial charge in [0, 0.05) is 17.8 Å². The highest BCUT2D eigenvalue weighted by Gasteiger charge is 2.09. The molecule has 3 N–H and O–H groups in total. The highest BCUT2D eigenvalue weighted by molar-refractivity contribution is 6.43. The number of hydrogen-bond donors (Lipinski definition) is 3. The molecule has 2 rings (SSSR count). The third-order valence-corrected chi connectivity index (χ3v) is 4.33. The van der Waals surface area contributed by atoms with E-state index in [1.807, 2.05) is 13.0 Å². The Bertz CT molecular complexity index is 794. The molecule has 0 atom stereocenters. The molecule has 0 heterocycles. The summed E-state index contributed by atoms with van der Waals surface area (Å²) < 4.78 is 0. The summed E-state index contributed by atoms with van der Waals surface area (Å²) in [4.78, 5) is 23.7. The summed E-state index contributed by atoms with van der Waals surface area (Å²) in [7, 11) is 0. The van der Waals surface area contributed by atoms with Gasteiger partial charge >= 0.3 is 0 Å². The predicted molar refractivity (Wildman–Crippen MR) is 104 cm³/mol. The van der Waals surface area contributed by atoms with Crippen LogP contribution in [-0.2, 0) is 9.59 Å². The van der Waals surface area contributed by atoms with E-state index >= 15 is 0 Å². The SMILES string of the molecule is CCC(=O)Nc1cc(NC(=O)CNc2cccc(Cl)c2Cl)ccc1C. The van der Waals surface area contributed by atoms with Crippen LogP contribution in [0, 0.1) is 6.92 Å². The second kappa shape index (κ2) is 8.74. The molecule has 7 heteroatoms. The third-order valence-electron chi connectivity index (χ3n) is 3.51. The van der Waals surface area contributed by atoms with E-state index in [-0.39, 0.29) is 18.4 Å². The molecule has 2 aromatic rings. The fraction of sp³-hybridized carbons (Fsp3) is 0.222. The van der Waals surface area contributed by atoms with Crippen molar-refractivity contribution in [3.05, 3.63) is 52.0 Å². The molecule has 0 aromatic heterocycles. The molecule has 0 saturated carbocycles. The molecule has 0 saturated heterocycles. The zero-order valence-corrected chi connectivity index (χ0v) is 15.5. The molecule has 5 nitrogen and oxygen atoms in total. The smallest absolute Gasteiger partial charge is 0.243 e. The first-order chi connectivity index (χ1) is 11.9. The summed E-state index contributed by atoms with van der Waals surface area (Å²) >= 11 is 12.0. The predicted octanol–water partition coefficient (Wildman–Crippen LogP) is 4.70. The Kier molecular flexibility index (Phi) is 6.67. The maximum absolute atomic E-state index is 12.1. The van der Waals surface area contributed by atoms with Crippen LogP contribution in [0.2, 0.25) is 10.0 Å². The van der Waals surface area contributed by atoms with Gasteiger partial charge in [-0.05, 0) is 36.8 Å². The summed E-state index contributed by atoms with van der Waals surface area (Å²) in [6.07, 6.45) is 0.389. The molecule has 2 amide bonds. The average molecular weight is 380 g/mol. The van der Waals surface area contributed by atoms with Crippen LogP contribution in [0.15, 0.2) is 36.4 Å². The van der Waals surface area contributed by atoms with Crippen LogP contribution in [-0.4, -0.2) is 18.4 Å². The molecule has 0 aliphatic rings. The molecular formula is C18H19Cl2N3O2. The number of carbonyl (C=O) groups excluding carboxylic acids is 2. The van der Waals surface area contributed by atoms with Gasteiger partial charge in [-0.25, -0.2) is 0 Å². The molecule has 0 radical (unpaired) electrons. The monoisotopic (exact) mass is 379 g/mol. The van der Waals surface area contributed by atoms with Gasteiger partial charge in [-0.2, -0.15) is 0 Å². The van der Waals surface area contributed by atoms with Crippen molar-refractivity contribution in [3.63, 3.8) is 0 Å². The molecular weight excluding hydrogens is 361 g/mol. The number of rotatable bonds is 6. The van der Waals surface area contributed by atoms with Gasteiger partial charge in [0.1, 0.15) is 0 Å². The molecule has 0 aliphatic carbocycles. The lowest BCUT2D eigenvalue weighted by molar-refractivity contribution is -0.116. The standard InChI is InChI=1S/C18H19Cl2N3O2/c1-3-16(24)23-15-9-12(8-7-11(15)2)22-17(25)10-21-14-6-4-5-13(19)18(14)20/h4-9,21H,3,10H2,1-2H3,(H,22,25)(H,23,24). The van der Waals surface area contributed by atoms with Crippen LogP contribution < -0.4 is 16.0 Å². The zero-order chi connectivity index (χ0) is 18.4. The lowest BCUT2D eigenvalue weighted by Crippen LogP contribution is -2.22. The molecule has 0 unspecified atom stereocenters.